The first-order chi connectivity index (χ1) is 6.11. The molecule has 0 radical (unpaired) electrons. The van der Waals surface area contributed by atoms with Gasteiger partial charge in [-0.3, -0.25) is 4.79 Å². The summed E-state index contributed by atoms with van der Waals surface area (Å²) < 4.78 is 0. The van der Waals surface area contributed by atoms with Crippen LogP contribution in [0.15, 0.2) is 11.6 Å². The number of carbonyl (C=O) groups is 1. The van der Waals surface area contributed by atoms with Gasteiger partial charge in [0.25, 0.3) is 0 Å². The molecular weight excluding hydrogens is 160 g/mol. The largest absolute Gasteiger partial charge is 0.295 e. The Labute approximate surface area is 81.2 Å². The van der Waals surface area contributed by atoms with Crippen LogP contribution in [0.3, 0.4) is 0 Å². The van der Waals surface area contributed by atoms with Crippen LogP contribution in [-0.4, -0.2) is 5.78 Å². The zero-order chi connectivity index (χ0) is 10.0. The van der Waals surface area contributed by atoms with Gasteiger partial charge in [-0.25, -0.2) is 0 Å². The molecule has 0 unspecified atom stereocenters. The SMILES string of the molecule is CCC1=CC(=O)[C@H](C)[C@@H](CC)[C@@H]1C. The fourth-order valence-electron chi connectivity index (χ4n) is 2.50. The van der Waals surface area contributed by atoms with Crippen LogP contribution in [0.2, 0.25) is 0 Å². The highest BCUT2D eigenvalue weighted by Crippen LogP contribution is 2.35. The molecule has 0 N–H and O–H groups in total. The summed E-state index contributed by atoms with van der Waals surface area (Å²) in [5, 5.41) is 0. The Balaban J connectivity index is 2.92. The second kappa shape index (κ2) is 4.08. The summed E-state index contributed by atoms with van der Waals surface area (Å²) >= 11 is 0. The van der Waals surface area contributed by atoms with E-state index < -0.39 is 0 Å². The van der Waals surface area contributed by atoms with E-state index in [0.717, 1.165) is 12.8 Å². The Morgan fingerprint density at radius 3 is 2.31 bits per heavy atom. The molecule has 0 spiro atoms. The standard InChI is InChI=1S/C12H20O/c1-5-10-7-12(13)9(4)11(6-2)8(10)3/h7-9,11H,5-6H2,1-4H3/t8-,9-,11+/m1/s1. The molecule has 1 nitrogen and oxygen atoms in total. The number of rotatable bonds is 2. The van der Waals surface area contributed by atoms with E-state index in [-0.39, 0.29) is 5.92 Å². The van der Waals surface area contributed by atoms with E-state index in [9.17, 15) is 4.79 Å². The number of carbonyl (C=O) groups excluding carboxylic acids is 1. The highest BCUT2D eigenvalue weighted by Gasteiger charge is 2.32. The van der Waals surface area contributed by atoms with E-state index in [1.165, 1.54) is 5.57 Å². The number of ketones is 1. The van der Waals surface area contributed by atoms with Crippen molar-refractivity contribution in [3.8, 4) is 0 Å². The molecule has 0 aliphatic heterocycles. The van der Waals surface area contributed by atoms with Gasteiger partial charge in [-0.1, -0.05) is 39.7 Å². The van der Waals surface area contributed by atoms with Crippen molar-refractivity contribution in [2.45, 2.75) is 40.5 Å². The van der Waals surface area contributed by atoms with E-state index in [2.05, 4.69) is 27.7 Å². The fourth-order valence-corrected chi connectivity index (χ4v) is 2.50. The lowest BCUT2D eigenvalue weighted by Gasteiger charge is -2.33. The average Bonchev–Trinajstić information content (AvgIpc) is 2.12. The van der Waals surface area contributed by atoms with E-state index in [1.807, 2.05) is 6.08 Å². The molecule has 0 aromatic carbocycles. The van der Waals surface area contributed by atoms with Crippen LogP contribution in [0.4, 0.5) is 0 Å². The van der Waals surface area contributed by atoms with Gasteiger partial charge in [0.1, 0.15) is 0 Å². The number of allylic oxidation sites excluding steroid dienone is 2. The minimum absolute atomic E-state index is 0.232. The molecule has 1 aliphatic rings. The van der Waals surface area contributed by atoms with Crippen molar-refractivity contribution in [3.63, 3.8) is 0 Å². The van der Waals surface area contributed by atoms with Crippen LogP contribution in [0, 0.1) is 17.8 Å². The minimum atomic E-state index is 0.232. The first-order valence-electron chi connectivity index (χ1n) is 5.36. The van der Waals surface area contributed by atoms with Crippen LogP contribution >= 0.6 is 0 Å². The highest BCUT2D eigenvalue weighted by molar-refractivity contribution is 5.93. The van der Waals surface area contributed by atoms with Gasteiger partial charge in [-0.05, 0) is 24.3 Å². The normalized spacial score (nSPS) is 34.6. The summed E-state index contributed by atoms with van der Waals surface area (Å²) in [6.45, 7) is 8.64. The predicted octanol–water partition coefficient (Wildman–Crippen LogP) is 3.20. The summed E-state index contributed by atoms with van der Waals surface area (Å²) in [7, 11) is 0. The smallest absolute Gasteiger partial charge is 0.158 e. The average molecular weight is 180 g/mol. The van der Waals surface area contributed by atoms with Crippen molar-refractivity contribution in [2.24, 2.45) is 17.8 Å². The summed E-state index contributed by atoms with van der Waals surface area (Å²) in [6, 6.07) is 0. The van der Waals surface area contributed by atoms with Gasteiger partial charge in [-0.2, -0.15) is 0 Å². The highest BCUT2D eigenvalue weighted by atomic mass is 16.1. The third-order valence-electron chi connectivity index (χ3n) is 3.53. The molecule has 0 bridgehead atoms. The quantitative estimate of drug-likeness (QED) is 0.637. The predicted molar refractivity (Wildman–Crippen MR) is 55.5 cm³/mol. The molecule has 0 amide bonds. The second-order valence-electron chi connectivity index (χ2n) is 4.12. The molecule has 13 heavy (non-hydrogen) atoms. The summed E-state index contributed by atoms with van der Waals surface area (Å²) in [5.74, 6) is 1.73. The molecule has 0 heterocycles. The summed E-state index contributed by atoms with van der Waals surface area (Å²) in [4.78, 5) is 11.6. The Kier molecular flexibility index (Phi) is 3.29. The maximum absolute atomic E-state index is 11.6. The van der Waals surface area contributed by atoms with Gasteiger partial charge >= 0.3 is 0 Å². The molecule has 74 valence electrons. The zero-order valence-electron chi connectivity index (χ0n) is 9.13. The fraction of sp³-hybridized carbons (Fsp3) is 0.750. The first-order valence-corrected chi connectivity index (χ1v) is 5.36. The van der Waals surface area contributed by atoms with E-state index in [0.29, 0.717) is 17.6 Å². The summed E-state index contributed by atoms with van der Waals surface area (Å²) in [5.41, 5.74) is 1.34. The van der Waals surface area contributed by atoms with Gasteiger partial charge in [0.2, 0.25) is 0 Å². The molecule has 1 aliphatic carbocycles. The molecule has 0 fully saturated rings. The Morgan fingerprint density at radius 1 is 1.23 bits per heavy atom. The first kappa shape index (κ1) is 10.5. The van der Waals surface area contributed by atoms with Crippen LogP contribution in [0.5, 0.6) is 0 Å². The molecular formula is C12H20O. The molecule has 0 saturated heterocycles. The number of hydrogen-bond donors (Lipinski definition) is 0. The third-order valence-corrected chi connectivity index (χ3v) is 3.53. The van der Waals surface area contributed by atoms with Gasteiger partial charge in [0.15, 0.2) is 5.78 Å². The van der Waals surface area contributed by atoms with Gasteiger partial charge in [0, 0.05) is 5.92 Å². The molecule has 3 atom stereocenters. The monoisotopic (exact) mass is 180 g/mol. The summed E-state index contributed by atoms with van der Waals surface area (Å²) in [6.07, 6.45) is 4.02. The van der Waals surface area contributed by atoms with Crippen molar-refractivity contribution in [3.05, 3.63) is 11.6 Å². The maximum atomic E-state index is 11.6. The lowest BCUT2D eigenvalue weighted by molar-refractivity contribution is -0.120. The maximum Gasteiger partial charge on any atom is 0.158 e. The van der Waals surface area contributed by atoms with Crippen molar-refractivity contribution in [1.29, 1.82) is 0 Å². The van der Waals surface area contributed by atoms with Crippen LogP contribution in [0.1, 0.15) is 40.5 Å². The Hall–Kier alpha value is -0.590. The molecule has 1 rings (SSSR count). The van der Waals surface area contributed by atoms with Crippen LogP contribution < -0.4 is 0 Å². The molecule has 1 heteroatoms. The second-order valence-corrected chi connectivity index (χ2v) is 4.12. The van der Waals surface area contributed by atoms with Crippen molar-refractivity contribution in [2.75, 3.05) is 0 Å². The van der Waals surface area contributed by atoms with E-state index in [4.69, 9.17) is 0 Å². The third kappa shape index (κ3) is 1.84. The zero-order valence-corrected chi connectivity index (χ0v) is 9.13. The lowest BCUT2D eigenvalue weighted by atomic mass is 9.71. The topological polar surface area (TPSA) is 17.1 Å². The van der Waals surface area contributed by atoms with Gasteiger partial charge in [-0.15, -0.1) is 0 Å². The van der Waals surface area contributed by atoms with Gasteiger partial charge < -0.3 is 0 Å². The minimum Gasteiger partial charge on any atom is -0.295 e. The van der Waals surface area contributed by atoms with Crippen LogP contribution in [-0.2, 0) is 4.79 Å². The number of hydrogen-bond acceptors (Lipinski definition) is 1. The van der Waals surface area contributed by atoms with E-state index in [1.54, 1.807) is 0 Å². The van der Waals surface area contributed by atoms with Crippen LogP contribution in [0.25, 0.3) is 0 Å². The Bertz CT molecular complexity index is 227. The lowest BCUT2D eigenvalue weighted by Crippen LogP contribution is -2.30. The Morgan fingerprint density at radius 2 is 1.85 bits per heavy atom. The molecule has 0 aromatic heterocycles. The van der Waals surface area contributed by atoms with Crippen molar-refractivity contribution < 1.29 is 4.79 Å². The van der Waals surface area contributed by atoms with Crippen molar-refractivity contribution >= 4 is 5.78 Å². The molecule has 0 aromatic rings. The van der Waals surface area contributed by atoms with E-state index >= 15 is 0 Å². The van der Waals surface area contributed by atoms with Gasteiger partial charge in [0.05, 0.1) is 0 Å². The van der Waals surface area contributed by atoms with Crippen molar-refractivity contribution in [1.82, 2.24) is 0 Å². The molecule has 0 saturated carbocycles.